The summed E-state index contributed by atoms with van der Waals surface area (Å²) in [5, 5.41) is 8.72. The van der Waals surface area contributed by atoms with Gasteiger partial charge >= 0.3 is 0 Å². The second kappa shape index (κ2) is 1.28. The van der Waals surface area contributed by atoms with Crippen molar-refractivity contribution in [1.29, 1.82) is 0 Å². The fourth-order valence-electron chi connectivity index (χ4n) is 0.728. The molecule has 0 saturated heterocycles. The van der Waals surface area contributed by atoms with Crippen molar-refractivity contribution in [2.75, 3.05) is 0 Å². The van der Waals surface area contributed by atoms with Gasteiger partial charge in [-0.15, -0.1) is 0 Å². The molecule has 0 saturated carbocycles. The number of hydrogen-bond acceptors (Lipinski definition) is 3. The maximum atomic E-state index is 8.72. The van der Waals surface area contributed by atoms with Crippen molar-refractivity contribution in [1.82, 2.24) is 9.97 Å². The van der Waals surface area contributed by atoms with Crippen LogP contribution >= 0.6 is 0 Å². The van der Waals surface area contributed by atoms with Crippen molar-refractivity contribution in [2.24, 2.45) is 0 Å². The Morgan fingerprint density at radius 1 is 1.67 bits per heavy atom. The Balaban J connectivity index is 2.92. The molecule has 0 unspecified atom stereocenters. The predicted molar refractivity (Wildman–Crippen MR) is 30.0 cm³/mol. The van der Waals surface area contributed by atoms with E-state index in [0.29, 0.717) is 11.2 Å². The minimum Gasteiger partial charge on any atom is -0.481 e. The number of fused-ring (bicyclic) bond motifs is 1. The van der Waals surface area contributed by atoms with Crippen LogP contribution in [0.5, 0.6) is 5.95 Å². The number of nitrogens with zero attached hydrogens (tertiary/aromatic N) is 1. The maximum absolute atomic E-state index is 8.72. The Kier molecular flexibility index (Phi) is 0.631. The molecule has 2 N–H and O–H groups in total. The highest BCUT2D eigenvalue weighted by Crippen LogP contribution is 2.19. The number of nitrogens with one attached hydrogen (secondary N) is 1. The van der Waals surface area contributed by atoms with E-state index >= 15 is 0 Å². The van der Waals surface area contributed by atoms with Gasteiger partial charge in [-0.3, -0.25) is 0 Å². The Hall–Kier alpha value is -1.45. The summed E-state index contributed by atoms with van der Waals surface area (Å²) >= 11 is 0. The molecule has 0 aliphatic carbocycles. The zero-order valence-electron chi connectivity index (χ0n) is 4.46. The molecule has 0 fully saturated rings. The van der Waals surface area contributed by atoms with Crippen LogP contribution < -0.4 is 0 Å². The number of imidazole rings is 1. The molecule has 0 spiro atoms. The van der Waals surface area contributed by atoms with Crippen molar-refractivity contribution in [2.45, 2.75) is 0 Å². The normalized spacial score (nSPS) is 10.7. The maximum Gasteiger partial charge on any atom is 0.285 e. The quantitative estimate of drug-likeness (QED) is 0.547. The molecule has 0 amide bonds. The first-order chi connectivity index (χ1) is 4.36. The lowest BCUT2D eigenvalue weighted by Crippen LogP contribution is -1.53. The number of furan rings is 1. The van der Waals surface area contributed by atoms with Crippen LogP contribution in [-0.4, -0.2) is 15.1 Å². The molecule has 2 rings (SSSR count). The summed E-state index contributed by atoms with van der Waals surface area (Å²) in [5.41, 5.74) is 1.15. The highest BCUT2D eigenvalue weighted by atomic mass is 16.5. The first kappa shape index (κ1) is 4.43. The van der Waals surface area contributed by atoms with E-state index in [4.69, 9.17) is 9.52 Å². The Morgan fingerprint density at radius 3 is 3.33 bits per heavy atom. The van der Waals surface area contributed by atoms with Crippen molar-refractivity contribution in [3.63, 3.8) is 0 Å². The molecule has 9 heavy (non-hydrogen) atoms. The second-order valence-corrected chi connectivity index (χ2v) is 1.71. The molecule has 2 heterocycles. The fraction of sp³-hybridized carbons (Fsp3) is 0. The number of H-pyrrole nitrogens is 1. The van der Waals surface area contributed by atoms with Crippen LogP contribution in [0.15, 0.2) is 16.8 Å². The lowest BCUT2D eigenvalue weighted by molar-refractivity contribution is 0.344. The monoisotopic (exact) mass is 124 g/mol. The molecular formula is C5H4N2O2. The third-order valence-electron chi connectivity index (χ3n) is 1.10. The van der Waals surface area contributed by atoms with Gasteiger partial charge in [0.2, 0.25) is 5.71 Å². The number of aromatic nitrogens is 2. The van der Waals surface area contributed by atoms with E-state index in [9.17, 15) is 0 Å². The summed E-state index contributed by atoms with van der Waals surface area (Å²) in [6.07, 6.45) is 1.51. The Bertz CT molecular complexity index is 294. The summed E-state index contributed by atoms with van der Waals surface area (Å²) in [4.78, 5) is 6.53. The van der Waals surface area contributed by atoms with Crippen molar-refractivity contribution in [3.8, 4) is 5.95 Å². The van der Waals surface area contributed by atoms with E-state index in [1.54, 1.807) is 0 Å². The van der Waals surface area contributed by atoms with Gasteiger partial charge in [-0.25, -0.2) is 4.98 Å². The smallest absolute Gasteiger partial charge is 0.285 e. The van der Waals surface area contributed by atoms with Crippen molar-refractivity contribution in [3.05, 3.63) is 12.4 Å². The molecule has 4 nitrogen and oxygen atoms in total. The van der Waals surface area contributed by atoms with Crippen LogP contribution in [0.4, 0.5) is 0 Å². The van der Waals surface area contributed by atoms with E-state index in [-0.39, 0.29) is 5.95 Å². The van der Waals surface area contributed by atoms with Crippen LogP contribution in [0.3, 0.4) is 0 Å². The van der Waals surface area contributed by atoms with E-state index in [2.05, 4.69) is 9.97 Å². The lowest BCUT2D eigenvalue weighted by atomic mass is 10.6. The first-order valence-electron chi connectivity index (χ1n) is 2.48. The van der Waals surface area contributed by atoms with Gasteiger partial charge in [-0.05, 0) is 0 Å². The highest BCUT2D eigenvalue weighted by molar-refractivity contribution is 5.69. The SMILES string of the molecule is Oc1cc2[nH]cnc2o1. The molecule has 0 aliphatic rings. The predicted octanol–water partition coefficient (Wildman–Crippen LogP) is 0.861. The van der Waals surface area contributed by atoms with Gasteiger partial charge in [-0.1, -0.05) is 0 Å². The van der Waals surface area contributed by atoms with Gasteiger partial charge < -0.3 is 14.5 Å². The molecule has 0 atom stereocenters. The van der Waals surface area contributed by atoms with Gasteiger partial charge in [0, 0.05) is 6.07 Å². The highest BCUT2D eigenvalue weighted by Gasteiger charge is 2.01. The van der Waals surface area contributed by atoms with Crippen molar-refractivity contribution < 1.29 is 9.52 Å². The number of rotatable bonds is 0. The topological polar surface area (TPSA) is 62.0 Å². The largest absolute Gasteiger partial charge is 0.481 e. The van der Waals surface area contributed by atoms with Gasteiger partial charge in [-0.2, -0.15) is 0 Å². The zero-order chi connectivity index (χ0) is 6.27. The number of hydrogen-bond donors (Lipinski definition) is 2. The average molecular weight is 124 g/mol. The lowest BCUT2D eigenvalue weighted by Gasteiger charge is -1.72. The van der Waals surface area contributed by atoms with E-state index in [1.807, 2.05) is 0 Å². The van der Waals surface area contributed by atoms with Crippen LogP contribution in [-0.2, 0) is 0 Å². The molecule has 2 aromatic heterocycles. The summed E-state index contributed by atoms with van der Waals surface area (Å²) in [5.74, 6) is -0.107. The number of aromatic hydroxyl groups is 1. The molecular weight excluding hydrogens is 120 g/mol. The molecule has 0 aliphatic heterocycles. The van der Waals surface area contributed by atoms with Crippen LogP contribution in [0, 0.1) is 0 Å². The van der Waals surface area contributed by atoms with Crippen molar-refractivity contribution >= 4 is 11.2 Å². The Morgan fingerprint density at radius 2 is 2.56 bits per heavy atom. The van der Waals surface area contributed by atoms with Gasteiger partial charge in [0.15, 0.2) is 0 Å². The van der Waals surface area contributed by atoms with E-state index in [0.717, 1.165) is 0 Å². The third kappa shape index (κ3) is 0.495. The van der Waals surface area contributed by atoms with Crippen LogP contribution in [0.25, 0.3) is 11.2 Å². The summed E-state index contributed by atoms with van der Waals surface area (Å²) < 4.78 is 4.72. The summed E-state index contributed by atoms with van der Waals surface area (Å²) in [6.45, 7) is 0. The molecule has 0 bridgehead atoms. The molecule has 0 radical (unpaired) electrons. The Labute approximate surface area is 50.1 Å². The second-order valence-electron chi connectivity index (χ2n) is 1.71. The summed E-state index contributed by atoms with van der Waals surface area (Å²) in [6, 6.07) is 1.47. The average Bonchev–Trinajstić information content (AvgIpc) is 2.22. The van der Waals surface area contributed by atoms with E-state index in [1.165, 1.54) is 12.4 Å². The van der Waals surface area contributed by atoms with Crippen LogP contribution in [0.2, 0.25) is 0 Å². The van der Waals surface area contributed by atoms with Crippen LogP contribution in [0.1, 0.15) is 0 Å². The van der Waals surface area contributed by atoms with Gasteiger partial charge in [0.1, 0.15) is 5.52 Å². The van der Waals surface area contributed by atoms with E-state index < -0.39 is 0 Å². The van der Waals surface area contributed by atoms with Gasteiger partial charge in [0.25, 0.3) is 5.95 Å². The summed E-state index contributed by atoms with van der Waals surface area (Å²) in [7, 11) is 0. The third-order valence-corrected chi connectivity index (χ3v) is 1.10. The zero-order valence-corrected chi connectivity index (χ0v) is 4.46. The van der Waals surface area contributed by atoms with Gasteiger partial charge in [0.05, 0.1) is 6.33 Å². The molecule has 0 aromatic carbocycles. The fourth-order valence-corrected chi connectivity index (χ4v) is 0.728. The minimum atomic E-state index is -0.107. The number of aromatic amines is 1. The minimum absolute atomic E-state index is 0.107. The first-order valence-corrected chi connectivity index (χ1v) is 2.48. The molecule has 46 valence electrons. The standard InChI is InChI=1S/C5H4N2O2/c8-4-1-3-5(9-4)7-2-6-3/h1-2,8H,(H,6,7). The molecule has 2 aromatic rings. The molecule has 4 heteroatoms.